The fraction of sp³-hybridized carbons (Fsp3) is 0.167. The van der Waals surface area contributed by atoms with E-state index in [1.165, 1.54) is 33.4 Å². The molecule has 6 aromatic carbocycles. The zero-order chi connectivity index (χ0) is 37.9. The van der Waals surface area contributed by atoms with Crippen molar-refractivity contribution in [2.75, 3.05) is 9.80 Å². The number of rotatable bonds is 5. The predicted molar refractivity (Wildman–Crippen MR) is 226 cm³/mol. The van der Waals surface area contributed by atoms with Gasteiger partial charge in [-0.25, -0.2) is 0 Å². The van der Waals surface area contributed by atoms with Crippen molar-refractivity contribution in [1.29, 1.82) is 0 Å². The molecule has 0 aromatic heterocycles. The molecule has 2 aliphatic heterocycles. The molecule has 4 aliphatic rings. The lowest BCUT2D eigenvalue weighted by atomic mass is 9.79. The Balaban J connectivity index is 1.15. The van der Waals surface area contributed by atoms with Gasteiger partial charge in [-0.15, -0.1) is 0 Å². The van der Waals surface area contributed by atoms with E-state index in [9.17, 15) is 20.2 Å². The number of benzene rings is 6. The van der Waals surface area contributed by atoms with Crippen molar-refractivity contribution in [3.63, 3.8) is 0 Å². The summed E-state index contributed by atoms with van der Waals surface area (Å²) in [6.45, 7) is 0. The predicted octanol–water partition coefficient (Wildman–Crippen LogP) is 12.8. The fourth-order valence-electron chi connectivity index (χ4n) is 9.41. The standard InChI is InChI=1S/C48H38N4O4/c53-51(54)35-21-25-45-33(29-35)19-17-31-9-1-7-15-43(31)49(45)47-27-23-39(37-11-3-5-13-41(37)47)40-24-28-48(42-14-6-4-12-38(40)42)50-44-16-8-2-10-32(44)18-20-34-30-36(52(55)56)22-26-46(34)50/h1-2,7-10,15-30H,3-6,11-14H2. The van der Waals surface area contributed by atoms with E-state index >= 15 is 0 Å². The van der Waals surface area contributed by atoms with Gasteiger partial charge in [-0.2, -0.15) is 0 Å². The topological polar surface area (TPSA) is 92.8 Å². The molecule has 2 aliphatic carbocycles. The number of non-ortho nitro benzene ring substituents is 2. The van der Waals surface area contributed by atoms with Gasteiger partial charge in [-0.3, -0.25) is 20.2 Å². The smallest absolute Gasteiger partial charge is 0.270 e. The second-order valence-corrected chi connectivity index (χ2v) is 15.0. The van der Waals surface area contributed by atoms with Gasteiger partial charge in [0.2, 0.25) is 0 Å². The van der Waals surface area contributed by atoms with Crippen LogP contribution in [0.1, 0.15) is 70.2 Å². The van der Waals surface area contributed by atoms with Gasteiger partial charge >= 0.3 is 0 Å². The maximum atomic E-state index is 11.8. The first kappa shape index (κ1) is 33.7. The Morgan fingerprint density at radius 3 is 1.18 bits per heavy atom. The minimum Gasteiger partial charge on any atom is -0.309 e. The number of hydrogen-bond acceptors (Lipinski definition) is 6. The lowest BCUT2D eigenvalue weighted by Gasteiger charge is -2.34. The number of hydrogen-bond donors (Lipinski definition) is 0. The molecule has 0 N–H and O–H groups in total. The average molecular weight is 735 g/mol. The maximum absolute atomic E-state index is 11.8. The Labute approximate surface area is 325 Å². The van der Waals surface area contributed by atoms with Crippen LogP contribution >= 0.6 is 0 Å². The second-order valence-electron chi connectivity index (χ2n) is 15.0. The van der Waals surface area contributed by atoms with Crippen molar-refractivity contribution < 1.29 is 9.85 Å². The van der Waals surface area contributed by atoms with Gasteiger partial charge in [0.05, 0.1) is 32.6 Å². The third-order valence-electron chi connectivity index (χ3n) is 12.0. The van der Waals surface area contributed by atoms with Crippen LogP contribution in [0.15, 0.2) is 109 Å². The fourth-order valence-corrected chi connectivity index (χ4v) is 9.41. The van der Waals surface area contributed by atoms with E-state index in [1.54, 1.807) is 24.3 Å². The minimum atomic E-state index is -0.327. The molecular formula is C48H38N4O4. The Hall–Kier alpha value is -6.80. The molecule has 0 saturated carbocycles. The van der Waals surface area contributed by atoms with Crippen molar-refractivity contribution in [3.05, 3.63) is 174 Å². The highest BCUT2D eigenvalue weighted by atomic mass is 16.6. The second kappa shape index (κ2) is 13.5. The van der Waals surface area contributed by atoms with Gasteiger partial charge in [0.25, 0.3) is 11.4 Å². The summed E-state index contributed by atoms with van der Waals surface area (Å²) in [5.74, 6) is 0. The molecule has 8 nitrogen and oxygen atoms in total. The minimum absolute atomic E-state index is 0.0784. The van der Waals surface area contributed by atoms with Crippen molar-refractivity contribution in [1.82, 2.24) is 0 Å². The van der Waals surface area contributed by atoms with Crippen LogP contribution in [-0.2, 0) is 25.7 Å². The Kier molecular flexibility index (Phi) is 8.13. The third-order valence-corrected chi connectivity index (χ3v) is 12.0. The molecule has 2 heterocycles. The van der Waals surface area contributed by atoms with Gasteiger partial charge in [-0.05, 0) is 132 Å². The molecule has 0 spiro atoms. The van der Waals surface area contributed by atoms with Gasteiger partial charge in [0, 0.05) is 46.8 Å². The van der Waals surface area contributed by atoms with E-state index in [-0.39, 0.29) is 21.2 Å². The van der Waals surface area contributed by atoms with Crippen LogP contribution in [-0.4, -0.2) is 9.85 Å². The molecular weight excluding hydrogens is 697 g/mol. The molecule has 274 valence electrons. The molecule has 8 heteroatoms. The number of fused-ring (bicyclic) bond motifs is 6. The largest absolute Gasteiger partial charge is 0.309 e. The number of nitrogens with zero attached hydrogens (tertiary/aromatic N) is 4. The van der Waals surface area contributed by atoms with Crippen molar-refractivity contribution in [2.45, 2.75) is 51.4 Å². The first-order valence-electron chi connectivity index (χ1n) is 19.5. The summed E-state index contributed by atoms with van der Waals surface area (Å²) in [4.78, 5) is 27.6. The van der Waals surface area contributed by atoms with Gasteiger partial charge < -0.3 is 9.80 Å². The first-order valence-corrected chi connectivity index (χ1v) is 19.5. The summed E-state index contributed by atoms with van der Waals surface area (Å²) < 4.78 is 0. The lowest BCUT2D eigenvalue weighted by molar-refractivity contribution is -0.385. The molecule has 0 fully saturated rings. The molecule has 10 rings (SSSR count). The summed E-state index contributed by atoms with van der Waals surface area (Å²) in [5, 5.41) is 23.6. The summed E-state index contributed by atoms with van der Waals surface area (Å²) in [6, 6.07) is 36.2. The zero-order valence-electron chi connectivity index (χ0n) is 30.8. The Morgan fingerprint density at radius 1 is 0.393 bits per heavy atom. The third kappa shape index (κ3) is 5.51. The monoisotopic (exact) mass is 734 g/mol. The van der Waals surface area contributed by atoms with E-state index in [2.05, 4.69) is 82.6 Å². The highest BCUT2D eigenvalue weighted by molar-refractivity contribution is 5.97. The van der Waals surface area contributed by atoms with Crippen LogP contribution in [0.5, 0.6) is 0 Å². The molecule has 0 bridgehead atoms. The number of anilines is 6. The van der Waals surface area contributed by atoms with E-state index in [1.807, 2.05) is 36.4 Å². The van der Waals surface area contributed by atoms with Crippen LogP contribution in [0.2, 0.25) is 0 Å². The van der Waals surface area contributed by atoms with Gasteiger partial charge in [0.15, 0.2) is 0 Å². The van der Waals surface area contributed by atoms with Crippen LogP contribution in [0.3, 0.4) is 0 Å². The van der Waals surface area contributed by atoms with Crippen molar-refractivity contribution in [2.24, 2.45) is 0 Å². The molecule has 0 amide bonds. The molecule has 0 saturated heterocycles. The number of nitro groups is 2. The van der Waals surface area contributed by atoms with Crippen LogP contribution in [0.25, 0.3) is 35.4 Å². The normalized spacial score (nSPS) is 15.0. The zero-order valence-corrected chi connectivity index (χ0v) is 30.8. The highest BCUT2D eigenvalue weighted by Crippen LogP contribution is 2.51. The van der Waals surface area contributed by atoms with E-state index in [0.717, 1.165) is 108 Å². The lowest BCUT2D eigenvalue weighted by Crippen LogP contribution is -2.18. The molecule has 56 heavy (non-hydrogen) atoms. The number of nitro benzene ring substituents is 2. The van der Waals surface area contributed by atoms with E-state index in [0.29, 0.717) is 0 Å². The number of para-hydroxylation sites is 2. The molecule has 0 atom stereocenters. The Bertz CT molecular complexity index is 2510. The summed E-state index contributed by atoms with van der Waals surface area (Å²) >= 11 is 0. The SMILES string of the molecule is O=[N+]([O-])c1ccc2c(c1)C=Cc1ccccc1N2c1ccc(-c2ccc(N3c4ccccc4C=Cc4cc([N+](=O)[O-])ccc43)c3c2CCCC3)c2c1CCCC2. The van der Waals surface area contributed by atoms with E-state index in [4.69, 9.17) is 0 Å². The first-order chi connectivity index (χ1) is 27.4. The summed E-state index contributed by atoms with van der Waals surface area (Å²) in [5.41, 5.74) is 18.1. The van der Waals surface area contributed by atoms with Crippen molar-refractivity contribution in [3.8, 4) is 11.1 Å². The molecule has 0 radical (unpaired) electrons. The van der Waals surface area contributed by atoms with Crippen LogP contribution in [0.4, 0.5) is 45.5 Å². The maximum Gasteiger partial charge on any atom is 0.270 e. The van der Waals surface area contributed by atoms with Crippen LogP contribution < -0.4 is 9.80 Å². The average Bonchev–Trinajstić information content (AvgIpc) is 3.50. The molecule has 0 unspecified atom stereocenters. The Morgan fingerprint density at radius 2 is 0.750 bits per heavy atom. The van der Waals surface area contributed by atoms with Crippen LogP contribution in [0, 0.1) is 20.2 Å². The quantitative estimate of drug-likeness (QED) is 0.129. The van der Waals surface area contributed by atoms with Crippen molar-refractivity contribution >= 4 is 69.8 Å². The van der Waals surface area contributed by atoms with Gasteiger partial charge in [0.1, 0.15) is 0 Å². The summed E-state index contributed by atoms with van der Waals surface area (Å²) in [7, 11) is 0. The molecule has 6 aromatic rings. The summed E-state index contributed by atoms with van der Waals surface area (Å²) in [6.07, 6.45) is 16.4. The van der Waals surface area contributed by atoms with Gasteiger partial charge in [-0.1, -0.05) is 72.8 Å². The highest BCUT2D eigenvalue weighted by Gasteiger charge is 2.30. The van der Waals surface area contributed by atoms with E-state index < -0.39 is 0 Å².